The molecule has 27 heavy (non-hydrogen) atoms. The molecule has 0 atom stereocenters. The van der Waals surface area contributed by atoms with Crippen molar-refractivity contribution in [3.63, 3.8) is 0 Å². The van der Waals surface area contributed by atoms with Gasteiger partial charge in [-0.05, 0) is 54.6 Å². The maximum atomic E-state index is 12.4. The SMILES string of the molecule is CS(=O)(=O)c1ccc(Cl)c(NC(=O)c2ccc(Oc3ccccc3)cc2)c1. The summed E-state index contributed by atoms with van der Waals surface area (Å²) in [7, 11) is -3.40. The Hall–Kier alpha value is -2.83. The topological polar surface area (TPSA) is 72.5 Å². The lowest BCUT2D eigenvalue weighted by molar-refractivity contribution is 0.102. The van der Waals surface area contributed by atoms with Gasteiger partial charge in [0.25, 0.3) is 5.91 Å². The van der Waals surface area contributed by atoms with Crippen LogP contribution < -0.4 is 10.1 Å². The highest BCUT2D eigenvalue weighted by Gasteiger charge is 2.13. The minimum atomic E-state index is -3.40. The maximum Gasteiger partial charge on any atom is 0.255 e. The minimum Gasteiger partial charge on any atom is -0.457 e. The summed E-state index contributed by atoms with van der Waals surface area (Å²) >= 11 is 6.06. The Labute approximate surface area is 162 Å². The van der Waals surface area contributed by atoms with Crippen LogP contribution in [0.4, 0.5) is 5.69 Å². The van der Waals surface area contributed by atoms with Gasteiger partial charge in [0.15, 0.2) is 9.84 Å². The molecule has 0 fully saturated rings. The van der Waals surface area contributed by atoms with Crippen LogP contribution in [0.1, 0.15) is 10.4 Å². The summed E-state index contributed by atoms with van der Waals surface area (Å²) in [5.74, 6) is 0.878. The molecule has 3 rings (SSSR count). The molecule has 0 aromatic heterocycles. The van der Waals surface area contributed by atoms with Gasteiger partial charge in [-0.3, -0.25) is 4.79 Å². The molecule has 0 saturated heterocycles. The van der Waals surface area contributed by atoms with Gasteiger partial charge in [-0.15, -0.1) is 0 Å². The van der Waals surface area contributed by atoms with Crippen LogP contribution >= 0.6 is 11.6 Å². The third-order valence-corrected chi connectivity index (χ3v) is 5.15. The zero-order valence-electron chi connectivity index (χ0n) is 14.3. The summed E-state index contributed by atoms with van der Waals surface area (Å²) < 4.78 is 29.0. The second kappa shape index (κ2) is 7.82. The van der Waals surface area contributed by atoms with E-state index in [2.05, 4.69) is 5.32 Å². The first-order chi connectivity index (χ1) is 12.8. The summed E-state index contributed by atoms with van der Waals surface area (Å²) in [6, 6.07) is 20.0. The van der Waals surface area contributed by atoms with E-state index in [4.69, 9.17) is 16.3 Å². The lowest BCUT2D eigenvalue weighted by atomic mass is 10.2. The van der Waals surface area contributed by atoms with E-state index in [1.54, 1.807) is 24.3 Å². The van der Waals surface area contributed by atoms with E-state index in [1.165, 1.54) is 18.2 Å². The van der Waals surface area contributed by atoms with Crippen LogP contribution in [0.5, 0.6) is 11.5 Å². The number of hydrogen-bond acceptors (Lipinski definition) is 4. The molecule has 1 N–H and O–H groups in total. The fourth-order valence-corrected chi connectivity index (χ4v) is 3.14. The first-order valence-electron chi connectivity index (χ1n) is 7.97. The number of nitrogens with one attached hydrogen (secondary N) is 1. The van der Waals surface area contributed by atoms with E-state index in [1.807, 2.05) is 30.3 Å². The predicted molar refractivity (Wildman–Crippen MR) is 105 cm³/mol. The summed E-state index contributed by atoms with van der Waals surface area (Å²) in [6.45, 7) is 0. The molecular formula is C20H16ClNO4S. The molecule has 0 bridgehead atoms. The number of halogens is 1. The van der Waals surface area contributed by atoms with Gasteiger partial charge in [0, 0.05) is 11.8 Å². The van der Waals surface area contributed by atoms with Crippen LogP contribution in [0.25, 0.3) is 0 Å². The number of rotatable bonds is 5. The molecule has 0 unspecified atom stereocenters. The molecular weight excluding hydrogens is 386 g/mol. The fraction of sp³-hybridized carbons (Fsp3) is 0.0500. The first-order valence-corrected chi connectivity index (χ1v) is 10.2. The van der Waals surface area contributed by atoms with Gasteiger partial charge in [0.05, 0.1) is 15.6 Å². The van der Waals surface area contributed by atoms with E-state index in [0.29, 0.717) is 17.1 Å². The van der Waals surface area contributed by atoms with E-state index >= 15 is 0 Å². The van der Waals surface area contributed by atoms with Gasteiger partial charge < -0.3 is 10.1 Å². The molecule has 5 nitrogen and oxygen atoms in total. The van der Waals surface area contributed by atoms with Crippen molar-refractivity contribution in [1.82, 2.24) is 0 Å². The number of para-hydroxylation sites is 1. The Morgan fingerprint density at radius 1 is 0.926 bits per heavy atom. The number of anilines is 1. The molecule has 7 heteroatoms. The molecule has 0 spiro atoms. The van der Waals surface area contributed by atoms with Crippen molar-refractivity contribution in [1.29, 1.82) is 0 Å². The Kier molecular flexibility index (Phi) is 5.48. The second-order valence-corrected chi connectivity index (χ2v) is 8.23. The smallest absolute Gasteiger partial charge is 0.255 e. The highest BCUT2D eigenvalue weighted by molar-refractivity contribution is 7.90. The zero-order chi connectivity index (χ0) is 19.4. The number of carbonyl (C=O) groups is 1. The summed E-state index contributed by atoms with van der Waals surface area (Å²) in [4.78, 5) is 12.5. The third kappa shape index (κ3) is 4.87. The van der Waals surface area contributed by atoms with Crippen LogP contribution in [0, 0.1) is 0 Å². The van der Waals surface area contributed by atoms with Crippen LogP contribution in [-0.2, 0) is 9.84 Å². The molecule has 1 amide bonds. The van der Waals surface area contributed by atoms with Gasteiger partial charge in [0.1, 0.15) is 11.5 Å². The van der Waals surface area contributed by atoms with Crippen molar-refractivity contribution in [3.8, 4) is 11.5 Å². The average Bonchev–Trinajstić information content (AvgIpc) is 2.64. The lowest BCUT2D eigenvalue weighted by Crippen LogP contribution is -2.12. The largest absolute Gasteiger partial charge is 0.457 e. The molecule has 3 aromatic carbocycles. The summed E-state index contributed by atoms with van der Waals surface area (Å²) in [5, 5.41) is 2.88. The lowest BCUT2D eigenvalue weighted by Gasteiger charge is -2.10. The predicted octanol–water partition coefficient (Wildman–Crippen LogP) is 4.79. The van der Waals surface area contributed by atoms with Gasteiger partial charge >= 0.3 is 0 Å². The minimum absolute atomic E-state index is 0.0776. The standard InChI is InChI=1S/C20H16ClNO4S/c1-27(24,25)17-11-12-18(21)19(13-17)22-20(23)14-7-9-16(10-8-14)26-15-5-3-2-4-6-15/h2-13H,1H3,(H,22,23). The average molecular weight is 402 g/mol. The summed E-state index contributed by atoms with van der Waals surface area (Å²) in [6.07, 6.45) is 1.09. The molecule has 138 valence electrons. The van der Waals surface area contributed by atoms with Gasteiger partial charge in [-0.2, -0.15) is 0 Å². The van der Waals surface area contributed by atoms with Gasteiger partial charge in [-0.1, -0.05) is 29.8 Å². The van der Waals surface area contributed by atoms with Crippen molar-refractivity contribution in [2.24, 2.45) is 0 Å². The Morgan fingerprint density at radius 2 is 1.56 bits per heavy atom. The third-order valence-electron chi connectivity index (χ3n) is 3.71. The van der Waals surface area contributed by atoms with Crippen LogP contribution in [0.15, 0.2) is 77.7 Å². The number of sulfone groups is 1. The Morgan fingerprint density at radius 3 is 2.19 bits per heavy atom. The molecule has 0 saturated carbocycles. The monoisotopic (exact) mass is 401 g/mol. The molecule has 0 heterocycles. The van der Waals surface area contributed by atoms with Crippen molar-refractivity contribution >= 4 is 33.0 Å². The number of amides is 1. The number of hydrogen-bond donors (Lipinski definition) is 1. The van der Waals surface area contributed by atoms with Gasteiger partial charge in [-0.25, -0.2) is 8.42 Å². The Balaban J connectivity index is 1.75. The van der Waals surface area contributed by atoms with Crippen molar-refractivity contribution in [2.75, 3.05) is 11.6 Å². The van der Waals surface area contributed by atoms with E-state index in [0.717, 1.165) is 6.26 Å². The first kappa shape index (κ1) is 18.9. The summed E-state index contributed by atoms with van der Waals surface area (Å²) in [5.41, 5.74) is 0.616. The van der Waals surface area contributed by atoms with Crippen LogP contribution in [0.2, 0.25) is 5.02 Å². The maximum absolute atomic E-state index is 12.4. The van der Waals surface area contributed by atoms with E-state index < -0.39 is 15.7 Å². The second-order valence-electron chi connectivity index (χ2n) is 5.81. The molecule has 3 aromatic rings. The quantitative estimate of drug-likeness (QED) is 0.667. The Bertz CT molecular complexity index is 1060. The van der Waals surface area contributed by atoms with E-state index in [9.17, 15) is 13.2 Å². The van der Waals surface area contributed by atoms with Crippen molar-refractivity contribution in [3.05, 3.63) is 83.4 Å². The number of benzene rings is 3. The highest BCUT2D eigenvalue weighted by Crippen LogP contribution is 2.26. The number of carbonyl (C=O) groups excluding carboxylic acids is 1. The van der Waals surface area contributed by atoms with Crippen molar-refractivity contribution in [2.45, 2.75) is 4.90 Å². The normalized spacial score (nSPS) is 11.0. The molecule has 0 aliphatic carbocycles. The fourth-order valence-electron chi connectivity index (χ4n) is 2.32. The zero-order valence-corrected chi connectivity index (χ0v) is 15.9. The van der Waals surface area contributed by atoms with E-state index in [-0.39, 0.29) is 15.6 Å². The molecule has 0 aliphatic rings. The van der Waals surface area contributed by atoms with Crippen molar-refractivity contribution < 1.29 is 17.9 Å². The van der Waals surface area contributed by atoms with Crippen LogP contribution in [0.3, 0.4) is 0 Å². The van der Waals surface area contributed by atoms with Gasteiger partial charge in [0.2, 0.25) is 0 Å². The number of ether oxygens (including phenoxy) is 1. The van der Waals surface area contributed by atoms with Crippen LogP contribution in [-0.4, -0.2) is 20.6 Å². The molecule has 0 aliphatic heterocycles. The molecule has 0 radical (unpaired) electrons. The highest BCUT2D eigenvalue weighted by atomic mass is 35.5.